The summed E-state index contributed by atoms with van der Waals surface area (Å²) in [7, 11) is 1.55. The van der Waals surface area contributed by atoms with Crippen LogP contribution in [0.25, 0.3) is 5.69 Å². The van der Waals surface area contributed by atoms with Gasteiger partial charge in [-0.1, -0.05) is 11.6 Å². The summed E-state index contributed by atoms with van der Waals surface area (Å²) in [5.74, 6) is 0.157. The van der Waals surface area contributed by atoms with Crippen LogP contribution in [-0.2, 0) is 13.0 Å². The first kappa shape index (κ1) is 27.8. The average Bonchev–Trinajstić information content (AvgIpc) is 3.79. The fourth-order valence-corrected chi connectivity index (χ4v) is 5.30. The molecular weight excluding hydrogens is 540 g/mol. The zero-order valence-electron chi connectivity index (χ0n) is 22.4. The maximum absolute atomic E-state index is 13.9. The number of hydrogen-bond donors (Lipinski definition) is 2. The Balaban J connectivity index is 1.53. The highest BCUT2D eigenvalue weighted by atomic mass is 35.5. The van der Waals surface area contributed by atoms with Gasteiger partial charge in [0, 0.05) is 46.4 Å². The van der Waals surface area contributed by atoms with Crippen molar-refractivity contribution >= 4 is 29.4 Å². The molecule has 0 spiro atoms. The lowest BCUT2D eigenvalue weighted by Crippen LogP contribution is -2.46. The molecule has 1 saturated carbocycles. The number of fused-ring (bicyclic) bond motifs is 1. The van der Waals surface area contributed by atoms with Gasteiger partial charge in [0.25, 0.3) is 23.8 Å². The molecule has 1 aliphatic heterocycles. The topological polar surface area (TPSA) is 96.3 Å². The van der Waals surface area contributed by atoms with Crippen LogP contribution in [0.2, 0.25) is 5.02 Å². The fourth-order valence-electron chi connectivity index (χ4n) is 5.10. The van der Waals surface area contributed by atoms with Gasteiger partial charge in [0.1, 0.15) is 0 Å². The maximum atomic E-state index is 13.9. The van der Waals surface area contributed by atoms with E-state index in [1.54, 1.807) is 36.2 Å². The number of aromatic nitrogens is 2. The van der Waals surface area contributed by atoms with Crippen molar-refractivity contribution < 1.29 is 18.4 Å². The van der Waals surface area contributed by atoms with Crippen LogP contribution in [0.5, 0.6) is 0 Å². The standard InChI is InChI=1S/C29H30ClF2N5O3/c1-15-12-22-24(14-36(15)27(39)19-8-11-23(30)21(13-19)25(31)32)35-29(34-16(2)17-4-5-17)37(28(22)40)20-9-6-18(7-10-20)26(38)33-3/h6-11,13,15-17,25H,4-5,12,14H2,1-3H3,(H,33,38)(H,34,35)/t15-,16?/m1/s1. The van der Waals surface area contributed by atoms with Crippen LogP contribution in [0.1, 0.15) is 70.7 Å². The number of alkyl halides is 2. The Hall–Kier alpha value is -3.79. The summed E-state index contributed by atoms with van der Waals surface area (Å²) < 4.78 is 28.3. The van der Waals surface area contributed by atoms with Gasteiger partial charge < -0.3 is 15.5 Å². The lowest BCUT2D eigenvalue weighted by molar-refractivity contribution is 0.0652. The van der Waals surface area contributed by atoms with E-state index in [4.69, 9.17) is 16.6 Å². The number of amides is 2. The summed E-state index contributed by atoms with van der Waals surface area (Å²) in [6, 6.07) is 10.2. The number of nitrogens with one attached hydrogen (secondary N) is 2. The van der Waals surface area contributed by atoms with Crippen LogP contribution in [0, 0.1) is 5.92 Å². The van der Waals surface area contributed by atoms with Gasteiger partial charge in [0.15, 0.2) is 0 Å². The monoisotopic (exact) mass is 569 g/mol. The van der Waals surface area contributed by atoms with Crippen molar-refractivity contribution in [2.24, 2.45) is 5.92 Å². The number of carbonyl (C=O) groups excluding carboxylic acids is 2. The Morgan fingerprint density at radius 3 is 2.40 bits per heavy atom. The van der Waals surface area contributed by atoms with Gasteiger partial charge in [-0.2, -0.15) is 0 Å². The number of halogens is 3. The van der Waals surface area contributed by atoms with Gasteiger partial charge in [-0.25, -0.2) is 18.3 Å². The largest absolute Gasteiger partial charge is 0.355 e. The highest BCUT2D eigenvalue weighted by Crippen LogP contribution is 2.34. The molecule has 1 fully saturated rings. The van der Waals surface area contributed by atoms with E-state index in [1.165, 1.54) is 16.7 Å². The van der Waals surface area contributed by atoms with Gasteiger partial charge in [-0.05, 0) is 81.5 Å². The van der Waals surface area contributed by atoms with E-state index in [0.29, 0.717) is 34.4 Å². The van der Waals surface area contributed by atoms with Crippen molar-refractivity contribution in [2.45, 2.75) is 58.2 Å². The molecular formula is C29H30ClF2N5O3. The van der Waals surface area contributed by atoms with E-state index in [0.717, 1.165) is 18.9 Å². The molecule has 1 aromatic heterocycles. The summed E-state index contributed by atoms with van der Waals surface area (Å²) in [6.07, 6.45) is -0.388. The molecule has 0 saturated heterocycles. The Bertz CT molecular complexity index is 1520. The van der Waals surface area contributed by atoms with Crippen LogP contribution in [0.4, 0.5) is 14.7 Å². The average molecular weight is 570 g/mol. The summed E-state index contributed by atoms with van der Waals surface area (Å²) in [5.41, 5.74) is 1.41. The molecule has 2 atom stereocenters. The second-order valence-corrected chi connectivity index (χ2v) is 10.8. The van der Waals surface area contributed by atoms with Crippen LogP contribution >= 0.6 is 11.6 Å². The highest BCUT2D eigenvalue weighted by molar-refractivity contribution is 6.31. The lowest BCUT2D eigenvalue weighted by Gasteiger charge is -2.35. The van der Waals surface area contributed by atoms with E-state index in [2.05, 4.69) is 10.6 Å². The van der Waals surface area contributed by atoms with Crippen LogP contribution in [-0.4, -0.2) is 45.4 Å². The molecule has 1 unspecified atom stereocenters. The van der Waals surface area contributed by atoms with E-state index < -0.39 is 17.9 Å². The van der Waals surface area contributed by atoms with Gasteiger partial charge in [0.05, 0.1) is 17.9 Å². The third-order valence-corrected chi connectivity index (χ3v) is 8.00. The van der Waals surface area contributed by atoms with Gasteiger partial charge >= 0.3 is 0 Å². The zero-order valence-corrected chi connectivity index (χ0v) is 23.1. The number of rotatable bonds is 7. The summed E-state index contributed by atoms with van der Waals surface area (Å²) in [5, 5.41) is 5.88. The molecule has 2 heterocycles. The molecule has 2 N–H and O–H groups in total. The minimum absolute atomic E-state index is 0.0557. The lowest BCUT2D eigenvalue weighted by atomic mass is 9.98. The second-order valence-electron chi connectivity index (χ2n) is 10.4. The first-order valence-corrected chi connectivity index (χ1v) is 13.6. The van der Waals surface area contributed by atoms with Gasteiger partial charge in [-0.15, -0.1) is 0 Å². The predicted octanol–water partition coefficient (Wildman–Crippen LogP) is 4.98. The van der Waals surface area contributed by atoms with Gasteiger partial charge in [-0.3, -0.25) is 14.4 Å². The molecule has 3 aromatic rings. The van der Waals surface area contributed by atoms with E-state index in [9.17, 15) is 23.2 Å². The van der Waals surface area contributed by atoms with Crippen LogP contribution in [0.15, 0.2) is 47.3 Å². The molecule has 11 heteroatoms. The molecule has 2 amide bonds. The van der Waals surface area contributed by atoms with Crippen molar-refractivity contribution in [1.29, 1.82) is 0 Å². The molecule has 5 rings (SSSR count). The zero-order chi connectivity index (χ0) is 28.7. The number of hydrogen-bond acceptors (Lipinski definition) is 5. The van der Waals surface area contributed by atoms with Crippen molar-refractivity contribution in [2.75, 3.05) is 12.4 Å². The molecule has 2 aliphatic rings. The quantitative estimate of drug-likeness (QED) is 0.418. The predicted molar refractivity (Wildman–Crippen MR) is 148 cm³/mol. The fraction of sp³-hybridized carbons (Fsp3) is 0.379. The highest BCUT2D eigenvalue weighted by Gasteiger charge is 2.34. The Morgan fingerprint density at radius 2 is 1.77 bits per heavy atom. The number of carbonyl (C=O) groups is 2. The Kier molecular flexibility index (Phi) is 7.63. The molecule has 8 nitrogen and oxygen atoms in total. The van der Waals surface area contributed by atoms with Gasteiger partial charge in [0.2, 0.25) is 5.95 Å². The molecule has 40 heavy (non-hydrogen) atoms. The number of benzene rings is 2. The van der Waals surface area contributed by atoms with E-state index in [-0.39, 0.29) is 47.1 Å². The minimum atomic E-state index is -2.81. The Morgan fingerprint density at radius 1 is 1.10 bits per heavy atom. The number of nitrogens with zero attached hydrogens (tertiary/aromatic N) is 3. The maximum Gasteiger partial charge on any atom is 0.265 e. The third-order valence-electron chi connectivity index (χ3n) is 7.65. The first-order valence-electron chi connectivity index (χ1n) is 13.2. The van der Waals surface area contributed by atoms with Crippen molar-refractivity contribution in [1.82, 2.24) is 19.8 Å². The Labute approximate surface area is 235 Å². The summed E-state index contributed by atoms with van der Waals surface area (Å²) >= 11 is 5.90. The minimum Gasteiger partial charge on any atom is -0.355 e. The van der Waals surface area contributed by atoms with Crippen LogP contribution < -0.4 is 16.2 Å². The second kappa shape index (κ2) is 11.0. The molecule has 2 aromatic carbocycles. The normalized spacial score (nSPS) is 17.4. The number of anilines is 1. The first-order chi connectivity index (χ1) is 19.1. The smallest absolute Gasteiger partial charge is 0.265 e. The molecule has 1 aliphatic carbocycles. The van der Waals surface area contributed by atoms with Crippen molar-refractivity contribution in [3.63, 3.8) is 0 Å². The van der Waals surface area contributed by atoms with E-state index in [1.807, 2.05) is 13.8 Å². The molecule has 0 bridgehead atoms. The van der Waals surface area contributed by atoms with Crippen molar-refractivity contribution in [3.8, 4) is 5.69 Å². The molecule has 0 radical (unpaired) electrons. The molecule has 210 valence electrons. The van der Waals surface area contributed by atoms with E-state index >= 15 is 0 Å². The SMILES string of the molecule is CNC(=O)c1ccc(-n2c(NC(C)C3CC3)nc3c(c2=O)C[C@@H](C)N(C(=O)c2ccc(Cl)c(C(F)F)c2)C3)cc1. The van der Waals surface area contributed by atoms with Crippen LogP contribution in [0.3, 0.4) is 0 Å². The third kappa shape index (κ3) is 5.32. The summed E-state index contributed by atoms with van der Waals surface area (Å²) in [6.45, 7) is 3.91. The summed E-state index contributed by atoms with van der Waals surface area (Å²) in [4.78, 5) is 45.8. The van der Waals surface area contributed by atoms with Crippen molar-refractivity contribution in [3.05, 3.63) is 85.8 Å².